The van der Waals surface area contributed by atoms with Crippen LogP contribution in [0.3, 0.4) is 0 Å². The van der Waals surface area contributed by atoms with Gasteiger partial charge in [-0.3, -0.25) is 9.89 Å². The number of hydrogen-bond donors (Lipinski definition) is 1. The first-order valence-corrected chi connectivity index (χ1v) is 10.5. The molecule has 5 rings (SSSR count). The number of anilines is 1. The van der Waals surface area contributed by atoms with Crippen molar-refractivity contribution in [3.8, 4) is 16.9 Å². The zero-order chi connectivity index (χ0) is 20.5. The van der Waals surface area contributed by atoms with E-state index in [0.29, 0.717) is 35.7 Å². The molecule has 1 N–H and O–H groups in total. The molecule has 0 spiro atoms. The Bertz CT molecular complexity index is 1050. The molecule has 30 heavy (non-hydrogen) atoms. The van der Waals surface area contributed by atoms with E-state index >= 15 is 0 Å². The van der Waals surface area contributed by atoms with Crippen LogP contribution in [0.2, 0.25) is 0 Å². The van der Waals surface area contributed by atoms with Crippen LogP contribution in [-0.2, 0) is 11.2 Å². The summed E-state index contributed by atoms with van der Waals surface area (Å²) in [7, 11) is 0. The van der Waals surface area contributed by atoms with Crippen LogP contribution in [0, 0.1) is 17.7 Å². The average Bonchev–Trinajstić information content (AvgIpc) is 3.29. The minimum Gasteiger partial charge on any atom is -0.493 e. The van der Waals surface area contributed by atoms with Gasteiger partial charge in [0, 0.05) is 35.5 Å². The largest absolute Gasteiger partial charge is 0.493 e. The third kappa shape index (κ3) is 3.95. The molecule has 6 heteroatoms. The van der Waals surface area contributed by atoms with Crippen LogP contribution < -0.4 is 9.64 Å². The van der Waals surface area contributed by atoms with Crippen LogP contribution in [0.5, 0.6) is 5.75 Å². The lowest BCUT2D eigenvalue weighted by molar-refractivity contribution is -0.120. The lowest BCUT2D eigenvalue weighted by Gasteiger charge is -2.18. The molecule has 1 amide bonds. The van der Waals surface area contributed by atoms with Gasteiger partial charge in [-0.2, -0.15) is 5.10 Å². The van der Waals surface area contributed by atoms with Gasteiger partial charge < -0.3 is 9.64 Å². The molecule has 1 aromatic heterocycles. The number of halogens is 1. The van der Waals surface area contributed by atoms with Crippen molar-refractivity contribution >= 4 is 11.6 Å². The van der Waals surface area contributed by atoms with Crippen molar-refractivity contribution < 1.29 is 13.9 Å². The summed E-state index contributed by atoms with van der Waals surface area (Å²) in [5.41, 5.74) is 2.87. The van der Waals surface area contributed by atoms with Crippen molar-refractivity contribution in [2.75, 3.05) is 18.1 Å². The Balaban J connectivity index is 1.26. The van der Waals surface area contributed by atoms with E-state index in [0.717, 1.165) is 24.3 Å². The van der Waals surface area contributed by atoms with Crippen molar-refractivity contribution in [1.82, 2.24) is 10.2 Å². The number of aromatic nitrogens is 2. The number of carbonyl (C=O) groups excluding carboxylic acids is 1. The zero-order valence-corrected chi connectivity index (χ0v) is 16.7. The number of carbonyl (C=O) groups is 1. The predicted molar refractivity (Wildman–Crippen MR) is 113 cm³/mol. The van der Waals surface area contributed by atoms with Gasteiger partial charge in [0.2, 0.25) is 5.91 Å². The van der Waals surface area contributed by atoms with Gasteiger partial charge in [0.1, 0.15) is 11.6 Å². The maximum absolute atomic E-state index is 14.6. The average molecular weight is 405 g/mol. The van der Waals surface area contributed by atoms with Gasteiger partial charge in [-0.25, -0.2) is 4.39 Å². The number of ether oxygens (including phenoxy) is 1. The Hall–Kier alpha value is -3.15. The molecular formula is C24H24FN3O2. The number of nitrogens with zero attached hydrogens (tertiary/aromatic N) is 2. The molecule has 1 saturated heterocycles. The van der Waals surface area contributed by atoms with Crippen LogP contribution >= 0.6 is 0 Å². The molecule has 0 bridgehead atoms. The number of rotatable bonds is 7. The van der Waals surface area contributed by atoms with Crippen LogP contribution in [0.25, 0.3) is 11.1 Å². The highest BCUT2D eigenvalue weighted by molar-refractivity contribution is 5.97. The van der Waals surface area contributed by atoms with Crippen LogP contribution in [0.4, 0.5) is 10.1 Å². The molecule has 154 valence electrons. The number of hydrogen-bond acceptors (Lipinski definition) is 3. The molecule has 1 atom stereocenters. The number of amides is 1. The van der Waals surface area contributed by atoms with E-state index in [1.165, 1.54) is 18.9 Å². The molecule has 2 aromatic carbocycles. The van der Waals surface area contributed by atoms with Crippen LogP contribution in [0.15, 0.2) is 54.9 Å². The molecule has 0 radical (unpaired) electrons. The fraction of sp³-hybridized carbons (Fsp3) is 0.333. The van der Waals surface area contributed by atoms with Gasteiger partial charge >= 0.3 is 0 Å². The fourth-order valence-electron chi connectivity index (χ4n) is 4.03. The topological polar surface area (TPSA) is 58.2 Å². The zero-order valence-electron chi connectivity index (χ0n) is 16.7. The molecule has 1 aliphatic heterocycles. The summed E-state index contributed by atoms with van der Waals surface area (Å²) >= 11 is 0. The molecule has 2 aliphatic rings. The van der Waals surface area contributed by atoms with Gasteiger partial charge in [-0.15, -0.1) is 0 Å². The summed E-state index contributed by atoms with van der Waals surface area (Å²) in [6, 6.07) is 13.0. The van der Waals surface area contributed by atoms with Crippen LogP contribution in [0.1, 0.15) is 24.8 Å². The monoisotopic (exact) mass is 405 g/mol. The third-order valence-electron chi connectivity index (χ3n) is 5.95. The number of aromatic amines is 1. The van der Waals surface area contributed by atoms with Gasteiger partial charge in [-0.05, 0) is 67.5 Å². The quantitative estimate of drug-likeness (QED) is 0.625. The Morgan fingerprint density at radius 3 is 2.83 bits per heavy atom. The van der Waals surface area contributed by atoms with Gasteiger partial charge in [0.25, 0.3) is 0 Å². The molecule has 1 unspecified atom stereocenters. The van der Waals surface area contributed by atoms with E-state index in [-0.39, 0.29) is 17.6 Å². The lowest BCUT2D eigenvalue weighted by Crippen LogP contribution is -2.27. The second-order valence-electron chi connectivity index (χ2n) is 8.23. The lowest BCUT2D eigenvalue weighted by atomic mass is 9.98. The van der Waals surface area contributed by atoms with Gasteiger partial charge in [0.15, 0.2) is 0 Å². The summed E-state index contributed by atoms with van der Waals surface area (Å²) in [5, 5.41) is 6.56. The maximum atomic E-state index is 14.6. The standard InChI is InChI=1S/C24H24FN3O2/c25-23-12-20(6-7-22(23)19-13-26-27-14-19)28-9-8-18(24(28)29)10-17-2-1-3-21(11-17)30-15-16-4-5-16/h1-3,6-7,11-14,16,18H,4-5,8-10,15H2,(H,26,27). The van der Waals surface area contributed by atoms with Crippen molar-refractivity contribution in [3.63, 3.8) is 0 Å². The van der Waals surface area contributed by atoms with Crippen molar-refractivity contribution in [2.45, 2.75) is 25.7 Å². The first kappa shape index (κ1) is 18.9. The first-order valence-electron chi connectivity index (χ1n) is 10.5. The van der Waals surface area contributed by atoms with Crippen molar-refractivity contribution in [3.05, 3.63) is 66.2 Å². The first-order chi connectivity index (χ1) is 14.7. The summed E-state index contributed by atoms with van der Waals surface area (Å²) in [6.07, 6.45) is 7.18. The molecular weight excluding hydrogens is 381 g/mol. The summed E-state index contributed by atoms with van der Waals surface area (Å²) < 4.78 is 20.5. The van der Waals surface area contributed by atoms with E-state index in [1.807, 2.05) is 24.3 Å². The maximum Gasteiger partial charge on any atom is 0.230 e. The Morgan fingerprint density at radius 1 is 1.17 bits per heavy atom. The SMILES string of the molecule is O=C1C(Cc2cccc(OCC3CC3)c2)CCN1c1ccc(-c2cn[nH]c2)c(F)c1. The molecule has 2 fully saturated rings. The van der Waals surface area contributed by atoms with E-state index in [1.54, 1.807) is 29.4 Å². The highest BCUT2D eigenvalue weighted by atomic mass is 19.1. The van der Waals surface area contributed by atoms with E-state index in [9.17, 15) is 9.18 Å². The molecule has 3 aromatic rings. The Morgan fingerprint density at radius 2 is 2.07 bits per heavy atom. The van der Waals surface area contributed by atoms with Gasteiger partial charge in [-0.1, -0.05) is 12.1 Å². The minimum absolute atomic E-state index is 0.0507. The molecule has 1 saturated carbocycles. The smallest absolute Gasteiger partial charge is 0.230 e. The third-order valence-corrected chi connectivity index (χ3v) is 5.95. The fourth-order valence-corrected chi connectivity index (χ4v) is 4.03. The molecule has 2 heterocycles. The van der Waals surface area contributed by atoms with E-state index in [4.69, 9.17) is 4.74 Å². The Labute approximate surface area is 174 Å². The Kier molecular flexibility index (Phi) is 4.99. The summed E-state index contributed by atoms with van der Waals surface area (Å²) in [6.45, 7) is 1.38. The second-order valence-corrected chi connectivity index (χ2v) is 8.23. The van der Waals surface area contributed by atoms with Crippen molar-refractivity contribution in [1.29, 1.82) is 0 Å². The summed E-state index contributed by atoms with van der Waals surface area (Å²) in [4.78, 5) is 14.7. The summed E-state index contributed by atoms with van der Waals surface area (Å²) in [5.74, 6) is 1.18. The number of nitrogens with one attached hydrogen (secondary N) is 1. The highest BCUT2D eigenvalue weighted by Crippen LogP contribution is 2.32. The minimum atomic E-state index is -0.356. The van der Waals surface area contributed by atoms with Gasteiger partial charge in [0.05, 0.1) is 12.8 Å². The normalized spacial score (nSPS) is 18.8. The number of H-pyrrole nitrogens is 1. The molecule has 1 aliphatic carbocycles. The van der Waals surface area contributed by atoms with E-state index < -0.39 is 0 Å². The molecule has 5 nitrogen and oxygen atoms in total. The second kappa shape index (κ2) is 7.94. The van der Waals surface area contributed by atoms with Crippen LogP contribution in [-0.4, -0.2) is 29.3 Å². The highest BCUT2D eigenvalue weighted by Gasteiger charge is 2.33. The van der Waals surface area contributed by atoms with E-state index in [2.05, 4.69) is 10.2 Å². The number of benzene rings is 2. The van der Waals surface area contributed by atoms with Crippen molar-refractivity contribution in [2.24, 2.45) is 11.8 Å². The predicted octanol–water partition coefficient (Wildman–Crippen LogP) is 4.60.